The van der Waals surface area contributed by atoms with Gasteiger partial charge in [-0.2, -0.15) is 0 Å². The fraction of sp³-hybridized carbons (Fsp3) is 1.00. The second kappa shape index (κ2) is 3.49. The first kappa shape index (κ1) is 12.8. The predicted molar refractivity (Wildman–Crippen MR) is 63.0 cm³/mol. The molecule has 0 rings (SSSR count). The van der Waals surface area contributed by atoms with Gasteiger partial charge in [-0.15, -0.1) is 0 Å². The van der Waals surface area contributed by atoms with Gasteiger partial charge in [0.15, 0.2) is 0 Å². The summed E-state index contributed by atoms with van der Waals surface area (Å²) in [5.41, 5.74) is 0. The molecule has 0 aromatic carbocycles. The Morgan fingerprint density at radius 2 is 0.909 bits per heavy atom. The van der Waals surface area contributed by atoms with Crippen molar-refractivity contribution in [3.05, 3.63) is 0 Å². The van der Waals surface area contributed by atoms with E-state index in [-0.39, 0.29) is 0 Å². The summed E-state index contributed by atoms with van der Waals surface area (Å²) < 4.78 is 0.847. The molecule has 3 heteroatoms. The molecule has 0 aliphatic heterocycles. The first-order chi connectivity index (χ1) is 4.50. The Bertz CT molecular complexity index is 123. The van der Waals surface area contributed by atoms with Crippen LogP contribution < -0.4 is 0 Å². The topological polar surface area (TPSA) is 0 Å². The van der Waals surface area contributed by atoms with Crippen LogP contribution in [0, 0.1) is 0 Å². The average Bonchev–Trinajstić information content (AvgIpc) is 1.58. The monoisotopic (exact) mass is 392 g/mol. The summed E-state index contributed by atoms with van der Waals surface area (Å²) in [5.74, 6) is 0. The molecule has 0 atom stereocenters. The molecule has 0 aromatic rings. The van der Waals surface area contributed by atoms with Crippen LogP contribution in [-0.2, 0) is 0 Å². The van der Waals surface area contributed by atoms with E-state index in [1.54, 1.807) is 0 Å². The number of halogens is 2. The van der Waals surface area contributed by atoms with Crippen LogP contribution >= 0.6 is 25.4 Å². The zero-order valence-electron chi connectivity index (χ0n) is 8.26. The van der Waals surface area contributed by atoms with Crippen LogP contribution in [-0.4, -0.2) is 13.9 Å². The van der Waals surface area contributed by atoms with Crippen LogP contribution in [0.25, 0.3) is 0 Å². The van der Waals surface area contributed by atoms with Crippen LogP contribution in [0.3, 0.4) is 0 Å². The van der Waals surface area contributed by atoms with Crippen molar-refractivity contribution in [2.45, 2.75) is 48.4 Å². The number of hydrogen-bond donors (Lipinski definition) is 0. The standard InChI is InChI=1S/2C4H9.2BrH.Sn/c2*1-4(2)3;;;/h2*1-3H3;2*1H;/q;;;;+2/p-2. The Morgan fingerprint density at radius 1 is 0.727 bits per heavy atom. The van der Waals surface area contributed by atoms with Crippen molar-refractivity contribution in [1.29, 1.82) is 0 Å². The summed E-state index contributed by atoms with van der Waals surface area (Å²) in [4.78, 5) is 0. The molecule has 0 unspecified atom stereocenters. The minimum atomic E-state index is -2.24. The first-order valence-corrected chi connectivity index (χ1v) is 19.5. The molecule has 0 radical (unpaired) electrons. The second-order valence-electron chi connectivity index (χ2n) is 5.07. The SMILES string of the molecule is C[C](C)(C)[Sn]([Br])([Br])[C](C)(C)C. The fourth-order valence-corrected chi connectivity index (χ4v) is 7.55. The van der Waals surface area contributed by atoms with Crippen molar-refractivity contribution < 1.29 is 0 Å². The van der Waals surface area contributed by atoms with E-state index in [0.717, 1.165) is 0 Å². The molecule has 0 fully saturated rings. The van der Waals surface area contributed by atoms with E-state index in [0.29, 0.717) is 6.86 Å². The van der Waals surface area contributed by atoms with Crippen LogP contribution in [0.15, 0.2) is 0 Å². The summed E-state index contributed by atoms with van der Waals surface area (Å²) in [6.45, 7) is 13.9. The third-order valence-electron chi connectivity index (χ3n) is 1.88. The molecule has 0 nitrogen and oxygen atoms in total. The molecule has 0 heterocycles. The van der Waals surface area contributed by atoms with Crippen molar-refractivity contribution in [3.8, 4) is 0 Å². The number of hydrogen-bond acceptors (Lipinski definition) is 0. The van der Waals surface area contributed by atoms with E-state index in [9.17, 15) is 0 Å². The summed E-state index contributed by atoms with van der Waals surface area (Å²) in [7, 11) is 0. The van der Waals surface area contributed by atoms with Gasteiger partial charge in [0.2, 0.25) is 0 Å². The molecule has 0 bridgehead atoms. The van der Waals surface area contributed by atoms with Gasteiger partial charge in [-0.3, -0.25) is 0 Å². The molecule has 0 amide bonds. The van der Waals surface area contributed by atoms with Gasteiger partial charge in [0.05, 0.1) is 0 Å². The van der Waals surface area contributed by atoms with Crippen molar-refractivity contribution in [3.63, 3.8) is 0 Å². The van der Waals surface area contributed by atoms with Gasteiger partial charge in [-0.05, 0) is 0 Å². The van der Waals surface area contributed by atoms with E-state index < -0.39 is 13.9 Å². The van der Waals surface area contributed by atoms with Crippen molar-refractivity contribution in [2.75, 3.05) is 0 Å². The Kier molecular flexibility index (Phi) is 4.04. The van der Waals surface area contributed by atoms with Gasteiger partial charge < -0.3 is 0 Å². The molecule has 0 aromatic heterocycles. The number of rotatable bonds is 0. The molecule has 0 aliphatic rings. The first-order valence-electron chi connectivity index (χ1n) is 3.88. The Hall–Kier alpha value is 1.76. The summed E-state index contributed by atoms with van der Waals surface area (Å²) in [6, 6.07) is 0. The Balaban J connectivity index is 4.75. The van der Waals surface area contributed by atoms with Crippen LogP contribution in [0.2, 0.25) is 6.86 Å². The molecule has 0 N–H and O–H groups in total. The van der Waals surface area contributed by atoms with E-state index in [1.807, 2.05) is 0 Å². The van der Waals surface area contributed by atoms with Gasteiger partial charge in [0.1, 0.15) is 0 Å². The van der Waals surface area contributed by atoms with Crippen molar-refractivity contribution >= 4 is 39.3 Å². The molecule has 68 valence electrons. The molecule has 11 heavy (non-hydrogen) atoms. The van der Waals surface area contributed by atoms with Gasteiger partial charge >= 0.3 is 87.7 Å². The van der Waals surface area contributed by atoms with Crippen LogP contribution in [0.5, 0.6) is 0 Å². The summed E-state index contributed by atoms with van der Waals surface area (Å²) in [6.07, 6.45) is 0. The van der Waals surface area contributed by atoms with Gasteiger partial charge in [0, 0.05) is 0 Å². The predicted octanol–water partition coefficient (Wildman–Crippen LogP) is 4.82. The molecule has 0 saturated heterocycles. The zero-order valence-corrected chi connectivity index (χ0v) is 14.3. The molecule has 0 saturated carbocycles. The maximum absolute atomic E-state index is 3.95. The third kappa shape index (κ3) is 2.87. The normalized spacial score (nSPS) is 15.3. The maximum atomic E-state index is 3.95. The van der Waals surface area contributed by atoms with E-state index in [4.69, 9.17) is 0 Å². The fourth-order valence-electron chi connectivity index (χ4n) is 1.12. The Morgan fingerprint density at radius 3 is 0.909 bits per heavy atom. The quantitative estimate of drug-likeness (QED) is 0.519. The van der Waals surface area contributed by atoms with Crippen molar-refractivity contribution in [2.24, 2.45) is 0 Å². The van der Waals surface area contributed by atoms with E-state index >= 15 is 0 Å². The van der Waals surface area contributed by atoms with Crippen LogP contribution in [0.4, 0.5) is 0 Å². The van der Waals surface area contributed by atoms with Crippen molar-refractivity contribution in [1.82, 2.24) is 0 Å². The van der Waals surface area contributed by atoms with Gasteiger partial charge in [0.25, 0.3) is 0 Å². The average molecular weight is 393 g/mol. The molecular weight excluding hydrogens is 375 g/mol. The Labute approximate surface area is 86.9 Å². The molecule has 0 aliphatic carbocycles. The summed E-state index contributed by atoms with van der Waals surface area (Å²) in [5, 5.41) is 0. The zero-order chi connectivity index (χ0) is 9.50. The van der Waals surface area contributed by atoms with E-state index in [2.05, 4.69) is 67.0 Å². The van der Waals surface area contributed by atoms with Crippen LogP contribution in [0.1, 0.15) is 41.5 Å². The van der Waals surface area contributed by atoms with Gasteiger partial charge in [-0.25, -0.2) is 0 Å². The van der Waals surface area contributed by atoms with Gasteiger partial charge in [-0.1, -0.05) is 0 Å². The minimum absolute atomic E-state index is 0.424. The third-order valence-corrected chi connectivity index (χ3v) is 44.6. The molecule has 0 spiro atoms. The van der Waals surface area contributed by atoms with E-state index in [1.165, 1.54) is 0 Å². The second-order valence-corrected chi connectivity index (χ2v) is 40.0. The molecular formula is C8H18Br2Sn. The summed E-state index contributed by atoms with van der Waals surface area (Å²) >= 11 is 5.66.